The highest BCUT2D eigenvalue weighted by Crippen LogP contribution is 2.17. The molecule has 0 aromatic heterocycles. The van der Waals surface area contributed by atoms with Gasteiger partial charge in [-0.05, 0) is 5.56 Å². The Labute approximate surface area is 83.7 Å². The van der Waals surface area contributed by atoms with Gasteiger partial charge in [-0.2, -0.15) is 0 Å². The van der Waals surface area contributed by atoms with E-state index in [1.165, 1.54) is 0 Å². The standard InChI is InChI=1S/C11H15NO2/c13-11(9-4-2-1-3-5-9)10-8-14-7-6-12-10/h1-5,10-13H,6-8H2/t10?,11-/m1/s1. The first-order valence-corrected chi connectivity index (χ1v) is 4.92. The number of morpholine rings is 1. The summed E-state index contributed by atoms with van der Waals surface area (Å²) in [6, 6.07) is 9.69. The minimum absolute atomic E-state index is 0.0196. The van der Waals surface area contributed by atoms with Crippen molar-refractivity contribution in [2.75, 3.05) is 19.8 Å². The molecule has 1 fully saturated rings. The number of hydrogen-bond donors (Lipinski definition) is 2. The molecule has 1 saturated heterocycles. The Balaban J connectivity index is 2.03. The third kappa shape index (κ3) is 2.12. The van der Waals surface area contributed by atoms with E-state index in [1.807, 2.05) is 30.3 Å². The van der Waals surface area contributed by atoms with Gasteiger partial charge in [0.05, 0.1) is 25.4 Å². The van der Waals surface area contributed by atoms with Gasteiger partial charge in [0.2, 0.25) is 0 Å². The van der Waals surface area contributed by atoms with Gasteiger partial charge in [-0.25, -0.2) is 0 Å². The van der Waals surface area contributed by atoms with Crippen LogP contribution in [0.3, 0.4) is 0 Å². The Morgan fingerprint density at radius 3 is 2.79 bits per heavy atom. The van der Waals surface area contributed by atoms with E-state index in [0.29, 0.717) is 6.61 Å². The van der Waals surface area contributed by atoms with Crippen molar-refractivity contribution in [2.24, 2.45) is 0 Å². The topological polar surface area (TPSA) is 41.5 Å². The largest absolute Gasteiger partial charge is 0.387 e. The molecule has 0 radical (unpaired) electrons. The van der Waals surface area contributed by atoms with Crippen LogP contribution in [0, 0.1) is 0 Å². The lowest BCUT2D eigenvalue weighted by Gasteiger charge is -2.28. The van der Waals surface area contributed by atoms with E-state index in [1.54, 1.807) is 0 Å². The zero-order chi connectivity index (χ0) is 9.80. The number of aliphatic hydroxyl groups excluding tert-OH is 1. The second-order valence-corrected chi connectivity index (χ2v) is 3.49. The second-order valence-electron chi connectivity index (χ2n) is 3.49. The number of aliphatic hydroxyl groups is 1. The van der Waals surface area contributed by atoms with Gasteiger partial charge >= 0.3 is 0 Å². The first-order chi connectivity index (χ1) is 6.88. The molecule has 2 rings (SSSR count). The molecule has 0 bridgehead atoms. The van der Waals surface area contributed by atoms with Crippen molar-refractivity contribution in [2.45, 2.75) is 12.1 Å². The lowest BCUT2D eigenvalue weighted by molar-refractivity contribution is 0.0177. The Morgan fingerprint density at radius 2 is 2.14 bits per heavy atom. The third-order valence-corrected chi connectivity index (χ3v) is 2.47. The molecule has 3 heteroatoms. The van der Waals surface area contributed by atoms with Crippen LogP contribution in [0.4, 0.5) is 0 Å². The summed E-state index contributed by atoms with van der Waals surface area (Å²) in [6.45, 7) is 2.13. The van der Waals surface area contributed by atoms with Gasteiger partial charge in [-0.3, -0.25) is 0 Å². The molecular weight excluding hydrogens is 178 g/mol. The highest BCUT2D eigenvalue weighted by Gasteiger charge is 2.22. The Hall–Kier alpha value is -0.900. The summed E-state index contributed by atoms with van der Waals surface area (Å²) in [5, 5.41) is 13.2. The highest BCUT2D eigenvalue weighted by atomic mass is 16.5. The molecule has 1 heterocycles. The molecule has 3 nitrogen and oxygen atoms in total. The summed E-state index contributed by atoms with van der Waals surface area (Å²) in [4.78, 5) is 0. The Morgan fingerprint density at radius 1 is 1.36 bits per heavy atom. The minimum atomic E-state index is -0.475. The van der Waals surface area contributed by atoms with E-state index in [4.69, 9.17) is 4.74 Å². The fourth-order valence-corrected chi connectivity index (χ4v) is 1.67. The van der Waals surface area contributed by atoms with Crippen LogP contribution in [0.25, 0.3) is 0 Å². The summed E-state index contributed by atoms with van der Waals surface area (Å²) >= 11 is 0. The quantitative estimate of drug-likeness (QED) is 0.726. The molecule has 1 aromatic rings. The van der Waals surface area contributed by atoms with Gasteiger partial charge in [0, 0.05) is 6.54 Å². The fourth-order valence-electron chi connectivity index (χ4n) is 1.67. The van der Waals surface area contributed by atoms with Gasteiger partial charge in [0.25, 0.3) is 0 Å². The van der Waals surface area contributed by atoms with Crippen molar-refractivity contribution in [1.29, 1.82) is 0 Å². The van der Waals surface area contributed by atoms with Gasteiger partial charge in [0.15, 0.2) is 0 Å². The lowest BCUT2D eigenvalue weighted by Crippen LogP contribution is -2.45. The number of nitrogens with one attached hydrogen (secondary N) is 1. The summed E-state index contributed by atoms with van der Waals surface area (Å²) < 4.78 is 5.30. The van der Waals surface area contributed by atoms with Crippen LogP contribution in [0.5, 0.6) is 0 Å². The molecule has 1 aromatic carbocycles. The van der Waals surface area contributed by atoms with E-state index in [2.05, 4.69) is 5.32 Å². The van der Waals surface area contributed by atoms with Gasteiger partial charge < -0.3 is 15.2 Å². The Bertz CT molecular complexity index is 270. The average molecular weight is 193 g/mol. The van der Waals surface area contributed by atoms with E-state index < -0.39 is 6.10 Å². The number of benzene rings is 1. The van der Waals surface area contributed by atoms with E-state index in [-0.39, 0.29) is 6.04 Å². The average Bonchev–Trinajstić information content (AvgIpc) is 2.30. The molecule has 0 aliphatic carbocycles. The van der Waals surface area contributed by atoms with Gasteiger partial charge in [-0.15, -0.1) is 0 Å². The van der Waals surface area contributed by atoms with Crippen molar-refractivity contribution in [3.63, 3.8) is 0 Å². The highest BCUT2D eigenvalue weighted by molar-refractivity contribution is 5.18. The Kier molecular flexibility index (Phi) is 3.14. The van der Waals surface area contributed by atoms with Crippen LogP contribution in [-0.4, -0.2) is 30.9 Å². The molecule has 1 aliphatic heterocycles. The predicted octanol–water partition coefficient (Wildman–Crippen LogP) is 0.708. The van der Waals surface area contributed by atoms with Crippen molar-refractivity contribution in [3.8, 4) is 0 Å². The van der Waals surface area contributed by atoms with Crippen LogP contribution in [0.15, 0.2) is 30.3 Å². The molecule has 1 aliphatic rings. The number of hydrogen-bond acceptors (Lipinski definition) is 3. The van der Waals surface area contributed by atoms with E-state index >= 15 is 0 Å². The zero-order valence-corrected chi connectivity index (χ0v) is 8.02. The minimum Gasteiger partial charge on any atom is -0.387 e. The summed E-state index contributed by atoms with van der Waals surface area (Å²) in [5.74, 6) is 0. The maximum atomic E-state index is 10.0. The first kappa shape index (κ1) is 9.65. The molecular formula is C11H15NO2. The molecule has 2 atom stereocenters. The third-order valence-electron chi connectivity index (χ3n) is 2.47. The van der Waals surface area contributed by atoms with Gasteiger partial charge in [-0.1, -0.05) is 30.3 Å². The zero-order valence-electron chi connectivity index (χ0n) is 8.02. The van der Waals surface area contributed by atoms with Crippen molar-refractivity contribution >= 4 is 0 Å². The van der Waals surface area contributed by atoms with E-state index in [0.717, 1.165) is 18.7 Å². The summed E-state index contributed by atoms with van der Waals surface area (Å²) in [5.41, 5.74) is 0.940. The van der Waals surface area contributed by atoms with Crippen molar-refractivity contribution in [1.82, 2.24) is 5.32 Å². The SMILES string of the molecule is O[C@H](c1ccccc1)C1COCCN1. The maximum absolute atomic E-state index is 10.0. The number of rotatable bonds is 2. The molecule has 0 spiro atoms. The summed E-state index contributed by atoms with van der Waals surface area (Å²) in [6.07, 6.45) is -0.475. The van der Waals surface area contributed by atoms with Crippen LogP contribution in [-0.2, 0) is 4.74 Å². The van der Waals surface area contributed by atoms with E-state index in [9.17, 15) is 5.11 Å². The lowest BCUT2D eigenvalue weighted by atomic mass is 10.0. The number of ether oxygens (including phenoxy) is 1. The van der Waals surface area contributed by atoms with Crippen LogP contribution >= 0.6 is 0 Å². The van der Waals surface area contributed by atoms with Crippen LogP contribution < -0.4 is 5.32 Å². The van der Waals surface area contributed by atoms with Crippen LogP contribution in [0.1, 0.15) is 11.7 Å². The molecule has 1 unspecified atom stereocenters. The molecule has 2 N–H and O–H groups in total. The van der Waals surface area contributed by atoms with Crippen LogP contribution in [0.2, 0.25) is 0 Å². The molecule has 14 heavy (non-hydrogen) atoms. The summed E-state index contributed by atoms with van der Waals surface area (Å²) in [7, 11) is 0. The van der Waals surface area contributed by atoms with Gasteiger partial charge in [0.1, 0.15) is 0 Å². The second kappa shape index (κ2) is 4.55. The maximum Gasteiger partial charge on any atom is 0.0965 e. The van der Waals surface area contributed by atoms with Crippen molar-refractivity contribution < 1.29 is 9.84 Å². The molecule has 76 valence electrons. The van der Waals surface area contributed by atoms with Crippen molar-refractivity contribution in [3.05, 3.63) is 35.9 Å². The fraction of sp³-hybridized carbons (Fsp3) is 0.455. The smallest absolute Gasteiger partial charge is 0.0965 e. The monoisotopic (exact) mass is 193 g/mol. The predicted molar refractivity (Wildman–Crippen MR) is 54.0 cm³/mol. The first-order valence-electron chi connectivity index (χ1n) is 4.92. The molecule has 0 amide bonds. The molecule has 0 saturated carbocycles. The normalized spacial score (nSPS) is 24.5.